The first kappa shape index (κ1) is 15.8. The molecule has 0 saturated heterocycles. The maximum Gasteiger partial charge on any atom is 0.253 e. The Hall–Kier alpha value is -2.56. The number of hydrogen-bond donors (Lipinski definition) is 0. The van der Waals surface area contributed by atoms with E-state index in [0.29, 0.717) is 30.3 Å². The maximum atomic E-state index is 12.0. The van der Waals surface area contributed by atoms with Gasteiger partial charge in [0.1, 0.15) is 6.61 Å². The van der Waals surface area contributed by atoms with Gasteiger partial charge in [-0.2, -0.15) is 0 Å². The van der Waals surface area contributed by atoms with Crippen molar-refractivity contribution >= 4 is 5.91 Å². The van der Waals surface area contributed by atoms with Crippen molar-refractivity contribution < 1.29 is 14.3 Å². The minimum absolute atomic E-state index is 0.0697. The topological polar surface area (TPSA) is 51.7 Å². The molecule has 0 N–H and O–H groups in total. The van der Waals surface area contributed by atoms with E-state index in [1.165, 1.54) is 4.90 Å². The van der Waals surface area contributed by atoms with Gasteiger partial charge in [-0.05, 0) is 31.2 Å². The average molecular weight is 300 g/mol. The van der Waals surface area contributed by atoms with Gasteiger partial charge in [0, 0.05) is 37.6 Å². The molecule has 116 valence electrons. The van der Waals surface area contributed by atoms with Crippen LogP contribution in [-0.2, 0) is 6.61 Å². The van der Waals surface area contributed by atoms with Crippen LogP contribution in [0.1, 0.15) is 22.8 Å². The largest absolute Gasteiger partial charge is 0.490 e. The average Bonchev–Trinajstić information content (AvgIpc) is 2.54. The lowest BCUT2D eigenvalue weighted by molar-refractivity contribution is 0.0827. The van der Waals surface area contributed by atoms with Crippen molar-refractivity contribution in [3.05, 3.63) is 53.9 Å². The molecule has 0 bridgehead atoms. The first-order valence-corrected chi connectivity index (χ1v) is 7.12. The summed E-state index contributed by atoms with van der Waals surface area (Å²) in [6, 6.07) is 9.02. The molecule has 1 aromatic carbocycles. The predicted octanol–water partition coefficient (Wildman–Crippen LogP) is 2.76. The van der Waals surface area contributed by atoms with Crippen LogP contribution in [0.2, 0.25) is 0 Å². The Morgan fingerprint density at radius 3 is 2.64 bits per heavy atom. The lowest BCUT2D eigenvalue weighted by Crippen LogP contribution is -2.21. The summed E-state index contributed by atoms with van der Waals surface area (Å²) >= 11 is 0. The van der Waals surface area contributed by atoms with E-state index in [1.807, 2.05) is 19.1 Å². The smallest absolute Gasteiger partial charge is 0.253 e. The van der Waals surface area contributed by atoms with Gasteiger partial charge in [-0.3, -0.25) is 9.78 Å². The fourth-order valence-electron chi connectivity index (χ4n) is 1.93. The normalized spacial score (nSPS) is 10.1. The second kappa shape index (κ2) is 7.45. The summed E-state index contributed by atoms with van der Waals surface area (Å²) in [4.78, 5) is 17.6. The molecule has 0 fully saturated rings. The van der Waals surface area contributed by atoms with Crippen molar-refractivity contribution in [2.75, 3.05) is 20.7 Å². The highest BCUT2D eigenvalue weighted by Crippen LogP contribution is 2.29. The van der Waals surface area contributed by atoms with E-state index in [1.54, 1.807) is 44.7 Å². The molecule has 2 rings (SSSR count). The number of hydrogen-bond acceptors (Lipinski definition) is 4. The Kier molecular flexibility index (Phi) is 5.36. The van der Waals surface area contributed by atoms with Gasteiger partial charge in [-0.15, -0.1) is 0 Å². The molecule has 5 nitrogen and oxygen atoms in total. The fourth-order valence-corrected chi connectivity index (χ4v) is 1.93. The van der Waals surface area contributed by atoms with Crippen molar-refractivity contribution in [1.29, 1.82) is 0 Å². The Morgan fingerprint density at radius 2 is 2.00 bits per heavy atom. The van der Waals surface area contributed by atoms with Crippen molar-refractivity contribution in [3.8, 4) is 11.5 Å². The highest BCUT2D eigenvalue weighted by atomic mass is 16.5. The van der Waals surface area contributed by atoms with Crippen molar-refractivity contribution in [1.82, 2.24) is 9.88 Å². The second-order valence-corrected chi connectivity index (χ2v) is 4.94. The first-order valence-electron chi connectivity index (χ1n) is 7.12. The SMILES string of the molecule is CCOc1cc(C(=O)N(C)C)ccc1OCc1cccnc1. The van der Waals surface area contributed by atoms with Gasteiger partial charge in [0.05, 0.1) is 6.61 Å². The third-order valence-corrected chi connectivity index (χ3v) is 3.01. The summed E-state index contributed by atoms with van der Waals surface area (Å²) in [7, 11) is 3.44. The van der Waals surface area contributed by atoms with Gasteiger partial charge < -0.3 is 14.4 Å². The molecule has 5 heteroatoms. The summed E-state index contributed by atoms with van der Waals surface area (Å²) < 4.78 is 11.4. The van der Waals surface area contributed by atoms with E-state index < -0.39 is 0 Å². The van der Waals surface area contributed by atoms with E-state index in [9.17, 15) is 4.79 Å². The molecule has 0 aliphatic carbocycles. The van der Waals surface area contributed by atoms with Crippen LogP contribution >= 0.6 is 0 Å². The van der Waals surface area contributed by atoms with Crippen LogP contribution in [0.15, 0.2) is 42.7 Å². The molecule has 1 amide bonds. The monoisotopic (exact) mass is 300 g/mol. The first-order chi connectivity index (χ1) is 10.6. The molecular formula is C17H20N2O3. The molecular weight excluding hydrogens is 280 g/mol. The van der Waals surface area contributed by atoms with Crippen LogP contribution in [-0.4, -0.2) is 36.5 Å². The number of benzene rings is 1. The lowest BCUT2D eigenvalue weighted by Gasteiger charge is -2.15. The molecule has 0 unspecified atom stereocenters. The summed E-state index contributed by atoms with van der Waals surface area (Å²) in [5, 5.41) is 0. The van der Waals surface area contributed by atoms with Crippen LogP contribution in [0, 0.1) is 0 Å². The number of rotatable bonds is 6. The number of aromatic nitrogens is 1. The maximum absolute atomic E-state index is 12.0. The summed E-state index contributed by atoms with van der Waals surface area (Å²) in [5.41, 5.74) is 1.54. The van der Waals surface area contributed by atoms with Crippen LogP contribution in [0.3, 0.4) is 0 Å². The van der Waals surface area contributed by atoms with Crippen LogP contribution in [0.5, 0.6) is 11.5 Å². The van der Waals surface area contributed by atoms with Crippen molar-refractivity contribution in [3.63, 3.8) is 0 Å². The number of ether oxygens (including phenoxy) is 2. The Bertz CT molecular complexity index is 627. The van der Waals surface area contributed by atoms with E-state index in [2.05, 4.69) is 4.98 Å². The molecule has 1 aromatic heterocycles. The quantitative estimate of drug-likeness (QED) is 0.823. The van der Waals surface area contributed by atoms with E-state index >= 15 is 0 Å². The minimum atomic E-state index is -0.0697. The zero-order valence-corrected chi connectivity index (χ0v) is 13.1. The van der Waals surface area contributed by atoms with Gasteiger partial charge in [-0.25, -0.2) is 0 Å². The molecule has 0 spiro atoms. The molecule has 0 radical (unpaired) electrons. The van der Waals surface area contributed by atoms with Crippen molar-refractivity contribution in [2.45, 2.75) is 13.5 Å². The number of carbonyl (C=O) groups excluding carboxylic acids is 1. The Balaban J connectivity index is 2.18. The molecule has 0 saturated carbocycles. The second-order valence-electron chi connectivity index (χ2n) is 4.94. The van der Waals surface area contributed by atoms with Gasteiger partial charge in [0.2, 0.25) is 0 Å². The zero-order valence-electron chi connectivity index (χ0n) is 13.1. The molecule has 0 aliphatic rings. The third-order valence-electron chi connectivity index (χ3n) is 3.01. The van der Waals surface area contributed by atoms with Gasteiger partial charge in [0.25, 0.3) is 5.91 Å². The summed E-state index contributed by atoms with van der Waals surface area (Å²) in [5.74, 6) is 1.11. The molecule has 0 aliphatic heterocycles. The predicted molar refractivity (Wildman–Crippen MR) is 84.2 cm³/mol. The summed E-state index contributed by atoms with van der Waals surface area (Å²) in [6.07, 6.45) is 3.47. The number of pyridine rings is 1. The van der Waals surface area contributed by atoms with Crippen molar-refractivity contribution in [2.24, 2.45) is 0 Å². The molecule has 2 aromatic rings. The third kappa shape index (κ3) is 3.97. The lowest BCUT2D eigenvalue weighted by atomic mass is 10.2. The van der Waals surface area contributed by atoms with Crippen LogP contribution in [0.25, 0.3) is 0 Å². The van der Waals surface area contributed by atoms with E-state index in [-0.39, 0.29) is 5.91 Å². The molecule has 22 heavy (non-hydrogen) atoms. The summed E-state index contributed by atoms with van der Waals surface area (Å²) in [6.45, 7) is 2.79. The van der Waals surface area contributed by atoms with E-state index in [4.69, 9.17) is 9.47 Å². The van der Waals surface area contributed by atoms with Gasteiger partial charge in [-0.1, -0.05) is 6.07 Å². The van der Waals surface area contributed by atoms with E-state index in [0.717, 1.165) is 5.56 Å². The van der Waals surface area contributed by atoms with Crippen LogP contribution < -0.4 is 9.47 Å². The Morgan fingerprint density at radius 1 is 1.18 bits per heavy atom. The standard InChI is InChI=1S/C17H20N2O3/c1-4-21-16-10-14(17(20)19(2)3)7-8-15(16)22-12-13-6-5-9-18-11-13/h5-11H,4,12H2,1-3H3. The zero-order chi connectivity index (χ0) is 15.9. The number of carbonyl (C=O) groups is 1. The molecule has 0 atom stereocenters. The highest BCUT2D eigenvalue weighted by Gasteiger charge is 2.13. The molecule has 1 heterocycles. The Labute approximate surface area is 130 Å². The van der Waals surface area contributed by atoms with Gasteiger partial charge in [0.15, 0.2) is 11.5 Å². The minimum Gasteiger partial charge on any atom is -0.490 e. The van der Waals surface area contributed by atoms with Gasteiger partial charge >= 0.3 is 0 Å². The fraction of sp³-hybridized carbons (Fsp3) is 0.294. The van der Waals surface area contributed by atoms with Crippen LogP contribution in [0.4, 0.5) is 0 Å². The number of nitrogens with zero attached hydrogens (tertiary/aromatic N) is 2. The number of amides is 1. The highest BCUT2D eigenvalue weighted by molar-refractivity contribution is 5.94.